The first kappa shape index (κ1) is 22.2. The minimum atomic E-state index is -2.17. The third-order valence-corrected chi connectivity index (χ3v) is 3.09. The molecule has 7 nitrogen and oxygen atoms in total. The molecule has 0 aliphatic rings. The highest BCUT2D eigenvalue weighted by molar-refractivity contribution is 6.30. The fourth-order valence-corrected chi connectivity index (χ4v) is 1.03. The van der Waals surface area contributed by atoms with Gasteiger partial charge in [-0.05, 0) is 52.0 Å². The van der Waals surface area contributed by atoms with E-state index >= 15 is 0 Å². The van der Waals surface area contributed by atoms with E-state index < -0.39 is 18.5 Å². The maximum Gasteiger partial charge on any atom is 0.631 e. The second-order valence-corrected chi connectivity index (χ2v) is 5.89. The molecule has 0 aliphatic heterocycles. The van der Waals surface area contributed by atoms with E-state index in [0.717, 1.165) is 11.4 Å². The van der Waals surface area contributed by atoms with Gasteiger partial charge in [-0.25, -0.2) is 0 Å². The Labute approximate surface area is 142 Å². The zero-order chi connectivity index (χ0) is 18.8. The van der Waals surface area contributed by atoms with Crippen molar-refractivity contribution in [1.82, 2.24) is 9.97 Å². The van der Waals surface area contributed by atoms with Gasteiger partial charge in [-0.2, -0.15) is 0 Å². The summed E-state index contributed by atoms with van der Waals surface area (Å²) in [7, 11) is -2.17. The molecule has 0 saturated heterocycles. The van der Waals surface area contributed by atoms with Gasteiger partial charge < -0.3 is 25.3 Å². The van der Waals surface area contributed by atoms with Crippen LogP contribution in [-0.2, 0) is 0 Å². The molecular weight excluding hydrogens is 311 g/mol. The van der Waals surface area contributed by atoms with Gasteiger partial charge in [0.05, 0.1) is 22.6 Å². The van der Waals surface area contributed by atoms with E-state index in [0.29, 0.717) is 0 Å². The topological polar surface area (TPSA) is 127 Å². The van der Waals surface area contributed by atoms with Crippen LogP contribution in [-0.4, -0.2) is 53.8 Å². The standard InChI is InChI=1S/C10H8N2.C6H14O2.BH3O3/c1-3-7-11-9(5-1)10-6-2-4-8-12-10;1-5(2,7)6(3,4)8;2-1(3)4/h1-8H;7-8H,1-4H3;2-4H. The molecule has 0 fully saturated rings. The van der Waals surface area contributed by atoms with Crippen molar-refractivity contribution in [1.29, 1.82) is 0 Å². The smallest absolute Gasteiger partial charge is 0.402 e. The molecule has 5 N–H and O–H groups in total. The van der Waals surface area contributed by atoms with Gasteiger partial charge in [0.2, 0.25) is 0 Å². The normalized spacial score (nSPS) is 10.7. The number of hydrogen-bond acceptors (Lipinski definition) is 7. The van der Waals surface area contributed by atoms with Gasteiger partial charge in [0.15, 0.2) is 0 Å². The summed E-state index contributed by atoms with van der Waals surface area (Å²) in [6.07, 6.45) is 3.54. The van der Waals surface area contributed by atoms with Crippen molar-refractivity contribution in [2.75, 3.05) is 0 Å². The van der Waals surface area contributed by atoms with E-state index in [9.17, 15) is 0 Å². The summed E-state index contributed by atoms with van der Waals surface area (Å²) in [6.45, 7) is 6.31. The lowest BCUT2D eigenvalue weighted by atomic mass is 9.90. The van der Waals surface area contributed by atoms with Crippen molar-refractivity contribution >= 4 is 7.32 Å². The fourth-order valence-electron chi connectivity index (χ4n) is 1.03. The molecule has 0 aliphatic carbocycles. The van der Waals surface area contributed by atoms with Gasteiger partial charge in [0, 0.05) is 12.4 Å². The first-order chi connectivity index (χ1) is 10.9. The van der Waals surface area contributed by atoms with Crippen LogP contribution in [0.1, 0.15) is 27.7 Å². The largest absolute Gasteiger partial charge is 0.631 e. The molecule has 2 rings (SSSR count). The first-order valence-electron chi connectivity index (χ1n) is 7.26. The van der Waals surface area contributed by atoms with Crippen molar-refractivity contribution in [2.24, 2.45) is 0 Å². The number of pyridine rings is 2. The highest BCUT2D eigenvalue weighted by Gasteiger charge is 2.31. The Balaban J connectivity index is 0.000000384. The molecule has 0 aromatic carbocycles. The summed E-state index contributed by atoms with van der Waals surface area (Å²) in [4.78, 5) is 8.37. The highest BCUT2D eigenvalue weighted by Crippen LogP contribution is 2.19. The molecule has 2 aromatic rings. The predicted molar refractivity (Wildman–Crippen MR) is 92.5 cm³/mol. The number of aromatic nitrogens is 2. The van der Waals surface area contributed by atoms with Gasteiger partial charge in [-0.1, -0.05) is 12.1 Å². The van der Waals surface area contributed by atoms with Gasteiger partial charge in [-0.3, -0.25) is 9.97 Å². The van der Waals surface area contributed by atoms with E-state index in [4.69, 9.17) is 25.3 Å². The second-order valence-electron chi connectivity index (χ2n) is 5.89. The SMILES string of the molecule is CC(C)(O)C(C)(C)O.OB(O)O.c1ccc(-c2ccccn2)nc1. The van der Waals surface area contributed by atoms with Crippen LogP contribution in [0, 0.1) is 0 Å². The summed E-state index contributed by atoms with van der Waals surface area (Å²) < 4.78 is 0. The minimum Gasteiger partial charge on any atom is -0.402 e. The summed E-state index contributed by atoms with van der Waals surface area (Å²) in [5.74, 6) is 0. The Hall–Kier alpha value is -1.84. The highest BCUT2D eigenvalue weighted by atomic mass is 16.5. The lowest BCUT2D eigenvalue weighted by molar-refractivity contribution is -0.107. The van der Waals surface area contributed by atoms with Crippen molar-refractivity contribution < 1.29 is 25.3 Å². The molecule has 24 heavy (non-hydrogen) atoms. The van der Waals surface area contributed by atoms with E-state index in [-0.39, 0.29) is 0 Å². The average Bonchev–Trinajstić information content (AvgIpc) is 2.47. The summed E-state index contributed by atoms with van der Waals surface area (Å²) in [5.41, 5.74) is -0.184. The Bertz CT molecular complexity index is 502. The van der Waals surface area contributed by atoms with Crippen molar-refractivity contribution in [3.8, 4) is 11.4 Å². The Morgan fingerprint density at radius 2 is 1.00 bits per heavy atom. The summed E-state index contributed by atoms with van der Waals surface area (Å²) >= 11 is 0. The van der Waals surface area contributed by atoms with Crippen molar-refractivity contribution in [3.63, 3.8) is 0 Å². The van der Waals surface area contributed by atoms with E-state index in [1.807, 2.05) is 36.4 Å². The molecular formula is C16H25BN2O5. The van der Waals surface area contributed by atoms with Gasteiger partial charge in [-0.15, -0.1) is 0 Å². The Morgan fingerprint density at radius 1 is 0.708 bits per heavy atom. The molecule has 132 valence electrons. The van der Waals surface area contributed by atoms with E-state index in [2.05, 4.69) is 9.97 Å². The van der Waals surface area contributed by atoms with Crippen LogP contribution in [0.3, 0.4) is 0 Å². The third-order valence-electron chi connectivity index (χ3n) is 3.09. The van der Waals surface area contributed by atoms with Gasteiger partial charge in [0.25, 0.3) is 0 Å². The summed E-state index contributed by atoms with van der Waals surface area (Å²) in [5, 5.41) is 39.7. The zero-order valence-electron chi connectivity index (χ0n) is 14.3. The number of aliphatic hydroxyl groups is 2. The number of nitrogens with zero attached hydrogens (tertiary/aromatic N) is 2. The van der Waals surface area contributed by atoms with Crippen LogP contribution in [0.2, 0.25) is 0 Å². The Morgan fingerprint density at radius 3 is 1.17 bits per heavy atom. The van der Waals surface area contributed by atoms with E-state index in [1.54, 1.807) is 40.1 Å². The lowest BCUT2D eigenvalue weighted by Crippen LogP contribution is -2.44. The minimum absolute atomic E-state index is 0.915. The number of hydrogen-bond donors (Lipinski definition) is 5. The maximum atomic E-state index is 9.10. The molecule has 0 radical (unpaired) electrons. The maximum absolute atomic E-state index is 9.10. The molecule has 0 unspecified atom stereocenters. The molecule has 0 saturated carbocycles. The first-order valence-corrected chi connectivity index (χ1v) is 7.26. The predicted octanol–water partition coefficient (Wildman–Crippen LogP) is 0.620. The fraction of sp³-hybridized carbons (Fsp3) is 0.375. The van der Waals surface area contributed by atoms with Crippen LogP contribution in [0.25, 0.3) is 11.4 Å². The molecule has 8 heteroatoms. The molecule has 0 atom stereocenters. The number of rotatable bonds is 2. The van der Waals surface area contributed by atoms with Crippen LogP contribution in [0.15, 0.2) is 48.8 Å². The lowest BCUT2D eigenvalue weighted by Gasteiger charge is -2.31. The second kappa shape index (κ2) is 10.1. The molecule has 2 aromatic heterocycles. The van der Waals surface area contributed by atoms with Crippen LogP contribution >= 0.6 is 0 Å². The molecule has 0 spiro atoms. The quantitative estimate of drug-likeness (QED) is 0.509. The monoisotopic (exact) mass is 336 g/mol. The molecule has 2 heterocycles. The molecule has 0 bridgehead atoms. The average molecular weight is 336 g/mol. The Kier molecular flexibility index (Phi) is 9.34. The van der Waals surface area contributed by atoms with Crippen molar-refractivity contribution in [3.05, 3.63) is 48.8 Å². The third kappa shape index (κ3) is 10.0. The van der Waals surface area contributed by atoms with Crippen LogP contribution < -0.4 is 0 Å². The zero-order valence-corrected chi connectivity index (χ0v) is 14.3. The van der Waals surface area contributed by atoms with Gasteiger partial charge in [0.1, 0.15) is 0 Å². The summed E-state index contributed by atoms with van der Waals surface area (Å²) in [6, 6.07) is 11.6. The van der Waals surface area contributed by atoms with Crippen LogP contribution in [0.5, 0.6) is 0 Å². The van der Waals surface area contributed by atoms with Crippen LogP contribution in [0.4, 0.5) is 0 Å². The van der Waals surface area contributed by atoms with E-state index in [1.165, 1.54) is 0 Å². The molecule has 0 amide bonds. The van der Waals surface area contributed by atoms with Gasteiger partial charge >= 0.3 is 7.32 Å². The van der Waals surface area contributed by atoms with Crippen molar-refractivity contribution in [2.45, 2.75) is 38.9 Å².